The lowest BCUT2D eigenvalue weighted by Gasteiger charge is -2.45. The summed E-state index contributed by atoms with van der Waals surface area (Å²) in [6, 6.07) is 2.47. The number of amides is 2. The highest BCUT2D eigenvalue weighted by molar-refractivity contribution is 6.22. The fourth-order valence-electron chi connectivity index (χ4n) is 6.15. The molecule has 2 heterocycles. The predicted molar refractivity (Wildman–Crippen MR) is 121 cm³/mol. The molecule has 2 saturated carbocycles. The SMILES string of the molecule is O=C1[C@H]2[C@H]3[C@H](O)[C@H](O)C/C(=N\O[C@@H]4O[C@H](CO)[C@@H](O)[C@H](O)[C@H]4O)[C@H]3CC[C@H]2C(=O)N1c1ccc(F)cc1F. The predicted octanol–water partition coefficient (Wildman–Crippen LogP) is -1.61. The smallest absolute Gasteiger partial charge is 0.256 e. The first-order chi connectivity index (χ1) is 18.0. The molecule has 2 aliphatic carbocycles. The van der Waals surface area contributed by atoms with Crippen LogP contribution in [0.25, 0.3) is 0 Å². The highest BCUT2D eigenvalue weighted by Gasteiger charge is 2.60. The van der Waals surface area contributed by atoms with E-state index in [1.165, 1.54) is 0 Å². The lowest BCUT2D eigenvalue weighted by molar-refractivity contribution is -0.301. The summed E-state index contributed by atoms with van der Waals surface area (Å²) in [6.07, 6.45) is -10.4. The van der Waals surface area contributed by atoms with Crippen LogP contribution in [-0.2, 0) is 19.2 Å². The molecule has 1 aromatic carbocycles. The van der Waals surface area contributed by atoms with Gasteiger partial charge in [-0.25, -0.2) is 13.7 Å². The van der Waals surface area contributed by atoms with E-state index in [0.717, 1.165) is 12.1 Å². The number of hydrogen-bond donors (Lipinski definition) is 6. The third-order valence-electron chi connectivity index (χ3n) is 8.05. The van der Waals surface area contributed by atoms with Gasteiger partial charge in [-0.05, 0) is 25.0 Å². The lowest BCUT2D eigenvalue weighted by atomic mass is 9.60. The summed E-state index contributed by atoms with van der Waals surface area (Å²) in [5.41, 5.74) is -0.201. The van der Waals surface area contributed by atoms with Gasteiger partial charge in [-0.1, -0.05) is 5.16 Å². The van der Waals surface area contributed by atoms with Crippen molar-refractivity contribution in [3.8, 4) is 0 Å². The van der Waals surface area contributed by atoms with E-state index >= 15 is 0 Å². The molecule has 4 aliphatic rings. The molecule has 2 saturated heterocycles. The van der Waals surface area contributed by atoms with E-state index in [1.807, 2.05) is 0 Å². The molecule has 2 aliphatic heterocycles. The minimum absolute atomic E-state index is 0.171. The number of hydrogen-bond acceptors (Lipinski definition) is 11. The zero-order valence-electron chi connectivity index (χ0n) is 19.9. The standard InChI is InChI=1S/C24H28F2N2O10/c25-8-1-4-13(11(26)5-8)28-22(35)10-3-2-9-12(6-14(30)18(31)16(9)17(10)23(28)36)27-38-24-21(34)20(33)19(32)15(7-29)37-24/h1,4-5,9-10,14-21,24,29-34H,2-3,6-7H2/b27-12+/t9-,10-,14-,15-,16+,17-,18-,19-,20+,21-,24+/m1/s1. The average molecular weight is 542 g/mol. The van der Waals surface area contributed by atoms with E-state index in [0.29, 0.717) is 11.0 Å². The Kier molecular flexibility index (Phi) is 7.24. The van der Waals surface area contributed by atoms with Crippen LogP contribution in [0.3, 0.4) is 0 Å². The molecule has 6 N–H and O–H groups in total. The third-order valence-corrected chi connectivity index (χ3v) is 8.05. The van der Waals surface area contributed by atoms with Crippen LogP contribution in [0.4, 0.5) is 14.5 Å². The van der Waals surface area contributed by atoms with Crippen molar-refractivity contribution in [2.75, 3.05) is 11.5 Å². The van der Waals surface area contributed by atoms with Gasteiger partial charge in [0, 0.05) is 24.3 Å². The van der Waals surface area contributed by atoms with Crippen molar-refractivity contribution in [1.29, 1.82) is 0 Å². The Morgan fingerprint density at radius 1 is 0.974 bits per heavy atom. The quantitative estimate of drug-likeness (QED) is 0.191. The second-order valence-electron chi connectivity index (χ2n) is 10.1. The normalized spacial score (nSPS) is 42.3. The van der Waals surface area contributed by atoms with Crippen LogP contribution in [0.2, 0.25) is 0 Å². The van der Waals surface area contributed by atoms with Gasteiger partial charge in [0.2, 0.25) is 11.8 Å². The van der Waals surface area contributed by atoms with E-state index in [1.54, 1.807) is 0 Å². The largest absolute Gasteiger partial charge is 0.394 e. The minimum atomic E-state index is -1.73. The number of carbonyl (C=O) groups excluding carboxylic acids is 2. The Hall–Kier alpha value is -2.59. The van der Waals surface area contributed by atoms with Gasteiger partial charge in [-0.3, -0.25) is 9.59 Å². The highest BCUT2D eigenvalue weighted by atomic mass is 19.1. The molecule has 0 radical (unpaired) electrons. The number of benzene rings is 1. The molecule has 0 unspecified atom stereocenters. The molecule has 1 aromatic rings. The number of oxime groups is 1. The van der Waals surface area contributed by atoms with Crippen molar-refractivity contribution in [3.05, 3.63) is 29.8 Å². The van der Waals surface area contributed by atoms with E-state index in [2.05, 4.69) is 5.16 Å². The molecule has 0 bridgehead atoms. The second kappa shape index (κ2) is 10.2. The zero-order valence-corrected chi connectivity index (χ0v) is 19.9. The molecular weight excluding hydrogens is 514 g/mol. The maximum Gasteiger partial charge on any atom is 0.256 e. The van der Waals surface area contributed by atoms with Crippen LogP contribution >= 0.6 is 0 Å². The van der Waals surface area contributed by atoms with E-state index in [4.69, 9.17) is 9.57 Å². The van der Waals surface area contributed by atoms with Gasteiger partial charge < -0.3 is 40.2 Å². The molecule has 208 valence electrons. The molecule has 38 heavy (non-hydrogen) atoms. The van der Waals surface area contributed by atoms with Gasteiger partial charge in [0.05, 0.1) is 42.0 Å². The monoisotopic (exact) mass is 542 g/mol. The number of rotatable bonds is 4. The summed E-state index contributed by atoms with van der Waals surface area (Å²) in [7, 11) is 0. The number of halogens is 2. The average Bonchev–Trinajstić information content (AvgIpc) is 3.14. The summed E-state index contributed by atoms with van der Waals surface area (Å²) < 4.78 is 33.2. The van der Waals surface area contributed by atoms with Crippen molar-refractivity contribution < 1.29 is 58.6 Å². The highest BCUT2D eigenvalue weighted by Crippen LogP contribution is 2.50. The van der Waals surface area contributed by atoms with Crippen LogP contribution in [0.15, 0.2) is 23.4 Å². The van der Waals surface area contributed by atoms with Crippen molar-refractivity contribution in [2.45, 2.75) is 62.2 Å². The lowest BCUT2D eigenvalue weighted by Crippen LogP contribution is -2.59. The molecule has 12 nitrogen and oxygen atoms in total. The van der Waals surface area contributed by atoms with Gasteiger partial charge in [0.1, 0.15) is 36.1 Å². The Balaban J connectivity index is 1.41. The fraction of sp³-hybridized carbons (Fsp3) is 0.625. The fourth-order valence-corrected chi connectivity index (χ4v) is 6.15. The van der Waals surface area contributed by atoms with E-state index in [9.17, 15) is 49.0 Å². The number of aliphatic hydroxyl groups is 6. The maximum atomic E-state index is 14.5. The Bertz CT molecular complexity index is 1140. The van der Waals surface area contributed by atoms with Crippen LogP contribution in [0.5, 0.6) is 0 Å². The van der Waals surface area contributed by atoms with Gasteiger partial charge in [0.15, 0.2) is 0 Å². The van der Waals surface area contributed by atoms with Crippen molar-refractivity contribution in [1.82, 2.24) is 0 Å². The number of nitrogens with zero attached hydrogens (tertiary/aromatic N) is 2. The molecule has 0 aromatic heterocycles. The number of aliphatic hydroxyl groups excluding tert-OH is 6. The molecule has 5 rings (SSSR count). The number of carbonyl (C=O) groups is 2. The van der Waals surface area contributed by atoms with E-state index < -0.39 is 102 Å². The van der Waals surface area contributed by atoms with Gasteiger partial charge >= 0.3 is 0 Å². The molecule has 4 fully saturated rings. The first kappa shape index (κ1) is 27.0. The number of anilines is 1. The maximum absolute atomic E-state index is 14.5. The first-order valence-corrected chi connectivity index (χ1v) is 12.3. The summed E-state index contributed by atoms with van der Waals surface area (Å²) in [4.78, 5) is 32.5. The van der Waals surface area contributed by atoms with Crippen LogP contribution < -0.4 is 4.90 Å². The van der Waals surface area contributed by atoms with Gasteiger partial charge in [-0.2, -0.15) is 0 Å². The Labute approximate surface area is 214 Å². The number of fused-ring (bicyclic) bond motifs is 3. The number of ether oxygens (including phenoxy) is 1. The molecular formula is C24H28F2N2O10. The van der Waals surface area contributed by atoms with Gasteiger partial charge in [0.25, 0.3) is 6.29 Å². The zero-order chi connectivity index (χ0) is 27.5. The molecule has 11 atom stereocenters. The first-order valence-electron chi connectivity index (χ1n) is 12.3. The molecule has 0 spiro atoms. The van der Waals surface area contributed by atoms with E-state index in [-0.39, 0.29) is 25.0 Å². The summed E-state index contributed by atoms with van der Waals surface area (Å²) in [6.45, 7) is -0.679. The third kappa shape index (κ3) is 4.29. The Morgan fingerprint density at radius 3 is 2.37 bits per heavy atom. The Morgan fingerprint density at radius 2 is 1.68 bits per heavy atom. The number of imide groups is 1. The minimum Gasteiger partial charge on any atom is -0.394 e. The van der Waals surface area contributed by atoms with Crippen LogP contribution in [0, 0.1) is 35.3 Å². The van der Waals surface area contributed by atoms with Crippen molar-refractivity contribution in [2.24, 2.45) is 28.8 Å². The molecule has 14 heteroatoms. The summed E-state index contributed by atoms with van der Waals surface area (Å²) in [5, 5.41) is 64.9. The summed E-state index contributed by atoms with van der Waals surface area (Å²) in [5.74, 6) is -7.10. The van der Waals surface area contributed by atoms with Crippen LogP contribution in [0.1, 0.15) is 19.3 Å². The van der Waals surface area contributed by atoms with Crippen LogP contribution in [-0.4, -0.2) is 97.7 Å². The van der Waals surface area contributed by atoms with Gasteiger partial charge in [-0.15, -0.1) is 0 Å². The van der Waals surface area contributed by atoms with Crippen molar-refractivity contribution >= 4 is 23.2 Å². The van der Waals surface area contributed by atoms with Crippen molar-refractivity contribution in [3.63, 3.8) is 0 Å². The second-order valence-corrected chi connectivity index (χ2v) is 10.1. The molecule has 2 amide bonds. The topological polar surface area (TPSA) is 190 Å². The summed E-state index contributed by atoms with van der Waals surface area (Å²) >= 11 is 0.